The molecule has 88 valence electrons. The van der Waals surface area contributed by atoms with Gasteiger partial charge in [0.05, 0.1) is 4.91 Å². The van der Waals surface area contributed by atoms with Crippen molar-refractivity contribution in [3.63, 3.8) is 0 Å². The average Bonchev–Trinajstić information content (AvgIpc) is 2.74. The highest BCUT2D eigenvalue weighted by molar-refractivity contribution is 14.1. The maximum Gasteiger partial charge on any atom is 0.286 e. The van der Waals surface area contributed by atoms with Crippen molar-refractivity contribution in [1.82, 2.24) is 5.32 Å². The second-order valence-electron chi connectivity index (χ2n) is 3.16. The third kappa shape index (κ3) is 3.19. The van der Waals surface area contributed by atoms with E-state index in [4.69, 9.17) is 4.42 Å². The van der Waals surface area contributed by atoms with E-state index in [9.17, 15) is 9.59 Å². The van der Waals surface area contributed by atoms with Crippen molar-refractivity contribution in [3.8, 4) is 0 Å². The second kappa shape index (κ2) is 5.05. The van der Waals surface area contributed by atoms with Crippen LogP contribution in [-0.2, 0) is 9.59 Å². The van der Waals surface area contributed by atoms with Crippen LogP contribution >= 0.6 is 34.4 Å². The van der Waals surface area contributed by atoms with Crippen molar-refractivity contribution in [1.29, 1.82) is 0 Å². The highest BCUT2D eigenvalue weighted by Gasteiger charge is 2.22. The molecule has 1 aliphatic rings. The summed E-state index contributed by atoms with van der Waals surface area (Å²) >= 11 is 3.16. The van der Waals surface area contributed by atoms with Gasteiger partial charge in [-0.1, -0.05) is 0 Å². The van der Waals surface area contributed by atoms with E-state index < -0.39 is 0 Å². The zero-order valence-corrected chi connectivity index (χ0v) is 11.7. The molecule has 0 fully saturated rings. The maximum atomic E-state index is 11.5. The molecule has 5 nitrogen and oxygen atoms in total. The minimum absolute atomic E-state index is 0.252. The van der Waals surface area contributed by atoms with Crippen LogP contribution < -0.4 is 5.32 Å². The number of furan rings is 1. The number of nitrogens with one attached hydrogen (secondary N) is 1. The normalized spacial score (nSPS) is 17.4. The molecule has 2 amide bonds. The quantitative estimate of drug-likeness (QED) is 0.613. The third-order valence-corrected chi connectivity index (χ3v) is 3.25. The molecule has 0 atom stereocenters. The van der Waals surface area contributed by atoms with Gasteiger partial charge < -0.3 is 9.73 Å². The van der Waals surface area contributed by atoms with Crippen LogP contribution in [0.2, 0.25) is 0 Å². The monoisotopic (exact) mass is 362 g/mol. The van der Waals surface area contributed by atoms with Gasteiger partial charge in [-0.3, -0.25) is 9.59 Å². The molecular weight excluding hydrogens is 355 g/mol. The fraction of sp³-hybridized carbons (Fsp3) is 0.100. The van der Waals surface area contributed by atoms with Gasteiger partial charge >= 0.3 is 0 Å². The van der Waals surface area contributed by atoms with E-state index in [1.807, 2.05) is 22.6 Å². The van der Waals surface area contributed by atoms with E-state index in [-0.39, 0.29) is 11.8 Å². The molecule has 0 aliphatic carbocycles. The first-order chi connectivity index (χ1) is 8.04. The second-order valence-corrected chi connectivity index (χ2v) is 5.25. The Balaban J connectivity index is 2.14. The molecule has 0 bridgehead atoms. The van der Waals surface area contributed by atoms with Gasteiger partial charge in [0, 0.05) is 13.0 Å². The summed E-state index contributed by atoms with van der Waals surface area (Å²) < 4.78 is 6.06. The Hall–Kier alpha value is -1.09. The molecule has 0 radical (unpaired) electrons. The smallest absolute Gasteiger partial charge is 0.286 e. The molecule has 0 aromatic carbocycles. The van der Waals surface area contributed by atoms with Crippen LogP contribution in [0.4, 0.5) is 0 Å². The highest BCUT2D eigenvalue weighted by atomic mass is 127. The molecule has 1 aromatic heterocycles. The first-order valence-electron chi connectivity index (χ1n) is 4.60. The van der Waals surface area contributed by atoms with Crippen LogP contribution in [0.1, 0.15) is 12.7 Å². The Bertz CT molecular complexity index is 548. The molecular formula is C10H7IN2O3S. The third-order valence-electron chi connectivity index (χ3n) is 1.77. The first kappa shape index (κ1) is 12.4. The number of hydrogen-bond acceptors (Lipinski definition) is 4. The van der Waals surface area contributed by atoms with Gasteiger partial charge in [0.2, 0.25) is 5.91 Å². The summed E-state index contributed by atoms with van der Waals surface area (Å²) in [6.07, 6.45) is 1.60. The van der Waals surface area contributed by atoms with Gasteiger partial charge in [-0.25, -0.2) is 0 Å². The first-order valence-corrected chi connectivity index (χ1v) is 6.49. The fourth-order valence-electron chi connectivity index (χ4n) is 1.15. The predicted octanol–water partition coefficient (Wildman–Crippen LogP) is 1.99. The summed E-state index contributed by atoms with van der Waals surface area (Å²) in [6, 6.07) is 3.56. The van der Waals surface area contributed by atoms with Gasteiger partial charge in [-0.15, -0.1) is 0 Å². The molecule has 0 saturated heterocycles. The van der Waals surface area contributed by atoms with Crippen LogP contribution in [0.3, 0.4) is 0 Å². The summed E-state index contributed by atoms with van der Waals surface area (Å²) in [5.74, 6) is -0.0347. The fourth-order valence-corrected chi connectivity index (χ4v) is 2.42. The number of aliphatic imine (C=N–C) groups is 1. The van der Waals surface area contributed by atoms with Crippen molar-refractivity contribution < 1.29 is 14.0 Å². The number of rotatable bonds is 1. The van der Waals surface area contributed by atoms with E-state index in [0.717, 1.165) is 15.5 Å². The molecule has 2 rings (SSSR count). The molecule has 0 saturated carbocycles. The summed E-state index contributed by atoms with van der Waals surface area (Å²) in [5.41, 5.74) is 0. The summed E-state index contributed by atoms with van der Waals surface area (Å²) in [7, 11) is 0. The van der Waals surface area contributed by atoms with Crippen LogP contribution in [0, 0.1) is 3.77 Å². The van der Waals surface area contributed by atoms with Crippen LogP contribution in [0.15, 0.2) is 26.4 Å². The molecule has 1 aliphatic heterocycles. The van der Waals surface area contributed by atoms with Crippen molar-refractivity contribution in [3.05, 3.63) is 26.6 Å². The predicted molar refractivity (Wildman–Crippen MR) is 73.3 cm³/mol. The Morgan fingerprint density at radius 2 is 2.35 bits per heavy atom. The van der Waals surface area contributed by atoms with Crippen LogP contribution in [-0.4, -0.2) is 17.0 Å². The lowest BCUT2D eigenvalue weighted by atomic mass is 10.4. The van der Waals surface area contributed by atoms with Crippen LogP contribution in [0.5, 0.6) is 0 Å². The maximum absolute atomic E-state index is 11.5. The number of halogens is 1. The Kier molecular flexibility index (Phi) is 3.67. The zero-order chi connectivity index (χ0) is 12.4. The molecule has 0 unspecified atom stereocenters. The summed E-state index contributed by atoms with van der Waals surface area (Å²) in [6.45, 7) is 1.37. The van der Waals surface area contributed by atoms with Crippen molar-refractivity contribution in [2.24, 2.45) is 4.99 Å². The molecule has 0 spiro atoms. The molecule has 1 N–H and O–H groups in total. The van der Waals surface area contributed by atoms with E-state index in [2.05, 4.69) is 10.3 Å². The minimum Gasteiger partial charge on any atom is -0.451 e. The van der Waals surface area contributed by atoms with Gasteiger partial charge in [-0.2, -0.15) is 4.99 Å². The van der Waals surface area contributed by atoms with Crippen molar-refractivity contribution >= 4 is 57.4 Å². The number of amidine groups is 1. The molecule has 1 aromatic rings. The van der Waals surface area contributed by atoms with E-state index >= 15 is 0 Å². The Morgan fingerprint density at radius 1 is 1.59 bits per heavy atom. The van der Waals surface area contributed by atoms with Gasteiger partial charge in [-0.05, 0) is 46.5 Å². The lowest BCUT2D eigenvalue weighted by Crippen LogP contribution is -2.23. The largest absolute Gasteiger partial charge is 0.451 e. The number of carbonyl (C=O) groups is 2. The topological polar surface area (TPSA) is 71.7 Å². The van der Waals surface area contributed by atoms with Crippen LogP contribution in [0.25, 0.3) is 6.08 Å². The average molecular weight is 362 g/mol. The Morgan fingerprint density at radius 3 is 2.94 bits per heavy atom. The number of amides is 2. The van der Waals surface area contributed by atoms with E-state index in [0.29, 0.717) is 15.8 Å². The minimum atomic E-state index is -0.370. The number of thioether (sulfide) groups is 1. The summed E-state index contributed by atoms with van der Waals surface area (Å²) in [5, 5.41) is 2.77. The zero-order valence-electron chi connectivity index (χ0n) is 8.69. The summed E-state index contributed by atoms with van der Waals surface area (Å²) in [4.78, 5) is 26.5. The SMILES string of the molecule is CC(=O)NC1=NC(=O)/C(=C/c2ccc(I)o2)S1. The molecule has 17 heavy (non-hydrogen) atoms. The van der Waals surface area contributed by atoms with Gasteiger partial charge in [0.15, 0.2) is 8.93 Å². The van der Waals surface area contributed by atoms with E-state index in [1.54, 1.807) is 18.2 Å². The van der Waals surface area contributed by atoms with Crippen molar-refractivity contribution in [2.75, 3.05) is 0 Å². The van der Waals surface area contributed by atoms with E-state index in [1.165, 1.54) is 6.92 Å². The molecule has 7 heteroatoms. The lowest BCUT2D eigenvalue weighted by molar-refractivity contribution is -0.117. The van der Waals surface area contributed by atoms with Crippen molar-refractivity contribution in [2.45, 2.75) is 6.92 Å². The van der Waals surface area contributed by atoms with Gasteiger partial charge in [0.25, 0.3) is 5.91 Å². The highest BCUT2D eigenvalue weighted by Crippen LogP contribution is 2.27. The number of nitrogens with zero attached hydrogens (tertiary/aromatic N) is 1. The standard InChI is InChI=1S/C10H7IN2O3S/c1-5(14)12-10-13-9(15)7(17-10)4-6-2-3-8(11)16-6/h2-4H,1H3,(H,12,13,14,15)/b7-4-. The Labute approximate surface area is 115 Å². The number of hydrogen-bond donors (Lipinski definition) is 1. The number of carbonyl (C=O) groups excluding carboxylic acids is 2. The lowest BCUT2D eigenvalue weighted by Gasteiger charge is -1.96. The molecule has 2 heterocycles. The van der Waals surface area contributed by atoms with Gasteiger partial charge in [0.1, 0.15) is 5.76 Å².